The Kier molecular flexibility index (Phi) is 4.02. The molecule has 0 fully saturated rings. The Morgan fingerprint density at radius 3 is 2.78 bits per heavy atom. The number of rotatable bonds is 5. The Hall–Kier alpha value is -1.78. The third-order valence-electron chi connectivity index (χ3n) is 3.04. The van der Waals surface area contributed by atoms with Gasteiger partial charge in [-0.05, 0) is 42.2 Å². The first-order valence-electron chi connectivity index (χ1n) is 5.86. The first-order valence-corrected chi connectivity index (χ1v) is 5.86. The smallest absolute Gasteiger partial charge is 0.121 e. The average molecular weight is 246 g/mol. The van der Waals surface area contributed by atoms with Gasteiger partial charge < -0.3 is 9.15 Å². The van der Waals surface area contributed by atoms with Crippen LogP contribution in [0.3, 0.4) is 0 Å². The Morgan fingerprint density at radius 2 is 2.22 bits per heavy atom. The molecule has 1 aromatic carbocycles. The van der Waals surface area contributed by atoms with E-state index >= 15 is 0 Å². The van der Waals surface area contributed by atoms with Gasteiger partial charge in [0.05, 0.1) is 25.7 Å². The third-order valence-corrected chi connectivity index (χ3v) is 3.04. The van der Waals surface area contributed by atoms with E-state index in [1.807, 2.05) is 25.1 Å². The molecule has 1 heterocycles. The van der Waals surface area contributed by atoms with E-state index < -0.39 is 0 Å². The van der Waals surface area contributed by atoms with Crippen molar-refractivity contribution in [1.82, 2.24) is 5.43 Å². The summed E-state index contributed by atoms with van der Waals surface area (Å²) in [5.74, 6) is 6.52. The first-order chi connectivity index (χ1) is 8.74. The molecule has 3 N–H and O–H groups in total. The van der Waals surface area contributed by atoms with Crippen LogP contribution in [0.5, 0.6) is 5.75 Å². The number of hydrogen-bond acceptors (Lipinski definition) is 4. The molecule has 0 aliphatic rings. The molecule has 1 unspecified atom stereocenters. The summed E-state index contributed by atoms with van der Waals surface area (Å²) in [6.07, 6.45) is 4.20. The van der Waals surface area contributed by atoms with Crippen LogP contribution in [0.2, 0.25) is 0 Å². The quantitative estimate of drug-likeness (QED) is 0.628. The average Bonchev–Trinajstić information content (AvgIpc) is 2.88. The van der Waals surface area contributed by atoms with E-state index in [2.05, 4.69) is 11.5 Å². The van der Waals surface area contributed by atoms with Gasteiger partial charge in [0.15, 0.2) is 0 Å². The standard InChI is InChI=1S/C14H18N2O2/c1-10-7-12(3-4-14(10)17-2)13(16-15)8-11-5-6-18-9-11/h3-7,9,13,16H,8,15H2,1-2H3. The van der Waals surface area contributed by atoms with Crippen molar-refractivity contribution < 1.29 is 9.15 Å². The number of hydrazine groups is 1. The van der Waals surface area contributed by atoms with Crippen LogP contribution < -0.4 is 16.0 Å². The molecule has 1 atom stereocenters. The van der Waals surface area contributed by atoms with Crippen molar-refractivity contribution in [3.8, 4) is 5.75 Å². The Morgan fingerprint density at radius 1 is 1.39 bits per heavy atom. The van der Waals surface area contributed by atoms with Gasteiger partial charge in [-0.1, -0.05) is 12.1 Å². The zero-order valence-electron chi connectivity index (χ0n) is 10.6. The largest absolute Gasteiger partial charge is 0.496 e. The highest BCUT2D eigenvalue weighted by atomic mass is 16.5. The Labute approximate surface area is 107 Å². The van der Waals surface area contributed by atoms with Crippen molar-refractivity contribution in [2.24, 2.45) is 5.84 Å². The molecule has 0 saturated heterocycles. The maximum atomic E-state index is 5.63. The summed E-state index contributed by atoms with van der Waals surface area (Å²) in [7, 11) is 1.67. The highest BCUT2D eigenvalue weighted by Crippen LogP contribution is 2.24. The second-order valence-corrected chi connectivity index (χ2v) is 4.28. The molecule has 0 aliphatic carbocycles. The minimum Gasteiger partial charge on any atom is -0.496 e. The Balaban J connectivity index is 2.19. The number of ether oxygens (including phenoxy) is 1. The molecule has 0 radical (unpaired) electrons. The van der Waals surface area contributed by atoms with Gasteiger partial charge >= 0.3 is 0 Å². The molecule has 0 saturated carbocycles. The molecule has 18 heavy (non-hydrogen) atoms. The maximum absolute atomic E-state index is 5.63. The molecule has 4 nitrogen and oxygen atoms in total. The summed E-state index contributed by atoms with van der Waals surface area (Å²) in [4.78, 5) is 0. The maximum Gasteiger partial charge on any atom is 0.121 e. The van der Waals surface area contributed by atoms with E-state index in [0.29, 0.717) is 0 Å². The van der Waals surface area contributed by atoms with Crippen molar-refractivity contribution in [2.75, 3.05) is 7.11 Å². The van der Waals surface area contributed by atoms with Crippen LogP contribution in [0.1, 0.15) is 22.7 Å². The lowest BCUT2D eigenvalue weighted by molar-refractivity contribution is 0.411. The van der Waals surface area contributed by atoms with Gasteiger partial charge in [-0.2, -0.15) is 0 Å². The molecular weight excluding hydrogens is 228 g/mol. The fourth-order valence-electron chi connectivity index (χ4n) is 2.04. The van der Waals surface area contributed by atoms with Crippen molar-refractivity contribution >= 4 is 0 Å². The van der Waals surface area contributed by atoms with Gasteiger partial charge in [0.2, 0.25) is 0 Å². The van der Waals surface area contributed by atoms with Gasteiger partial charge in [0.1, 0.15) is 5.75 Å². The predicted molar refractivity (Wildman–Crippen MR) is 70.2 cm³/mol. The molecule has 0 bridgehead atoms. The molecule has 0 amide bonds. The number of aryl methyl sites for hydroxylation is 1. The van der Waals surface area contributed by atoms with E-state index in [4.69, 9.17) is 15.0 Å². The fourth-order valence-corrected chi connectivity index (χ4v) is 2.04. The zero-order chi connectivity index (χ0) is 13.0. The second-order valence-electron chi connectivity index (χ2n) is 4.28. The summed E-state index contributed by atoms with van der Waals surface area (Å²) >= 11 is 0. The van der Waals surface area contributed by atoms with E-state index in [1.54, 1.807) is 19.6 Å². The Bertz CT molecular complexity index is 495. The van der Waals surface area contributed by atoms with Crippen molar-refractivity contribution in [3.63, 3.8) is 0 Å². The molecule has 2 rings (SSSR count). The van der Waals surface area contributed by atoms with Gasteiger partial charge in [-0.15, -0.1) is 0 Å². The molecule has 0 aliphatic heterocycles. The lowest BCUT2D eigenvalue weighted by Crippen LogP contribution is -2.29. The van der Waals surface area contributed by atoms with Crippen LogP contribution in [-0.2, 0) is 6.42 Å². The SMILES string of the molecule is COc1ccc(C(Cc2ccoc2)NN)cc1C. The van der Waals surface area contributed by atoms with Crippen molar-refractivity contribution in [3.05, 3.63) is 53.5 Å². The van der Waals surface area contributed by atoms with E-state index in [9.17, 15) is 0 Å². The summed E-state index contributed by atoms with van der Waals surface area (Å²) in [5.41, 5.74) is 6.19. The number of benzene rings is 1. The number of hydrogen-bond donors (Lipinski definition) is 2. The molecule has 96 valence electrons. The van der Waals surface area contributed by atoms with Crippen molar-refractivity contribution in [1.29, 1.82) is 0 Å². The lowest BCUT2D eigenvalue weighted by atomic mass is 9.99. The topological polar surface area (TPSA) is 60.4 Å². The summed E-state index contributed by atoms with van der Waals surface area (Å²) in [6, 6.07) is 8.08. The highest BCUT2D eigenvalue weighted by molar-refractivity contribution is 5.37. The van der Waals surface area contributed by atoms with Crippen LogP contribution in [-0.4, -0.2) is 7.11 Å². The molecule has 2 aromatic rings. The van der Waals surface area contributed by atoms with E-state index in [-0.39, 0.29) is 6.04 Å². The minimum absolute atomic E-state index is 0.0622. The molecule has 4 heteroatoms. The molecule has 0 spiro atoms. The number of methoxy groups -OCH3 is 1. The normalized spacial score (nSPS) is 12.4. The van der Waals surface area contributed by atoms with Crippen LogP contribution in [0, 0.1) is 6.92 Å². The van der Waals surface area contributed by atoms with Crippen LogP contribution in [0.15, 0.2) is 41.2 Å². The summed E-state index contributed by atoms with van der Waals surface area (Å²) < 4.78 is 10.3. The van der Waals surface area contributed by atoms with Crippen molar-refractivity contribution in [2.45, 2.75) is 19.4 Å². The third kappa shape index (κ3) is 2.72. The van der Waals surface area contributed by atoms with E-state index in [0.717, 1.165) is 28.9 Å². The van der Waals surface area contributed by atoms with Gasteiger partial charge in [0, 0.05) is 0 Å². The number of furan rings is 1. The van der Waals surface area contributed by atoms with Gasteiger partial charge in [0.25, 0.3) is 0 Å². The fraction of sp³-hybridized carbons (Fsp3) is 0.286. The number of nitrogens with two attached hydrogens (primary N) is 1. The monoisotopic (exact) mass is 246 g/mol. The van der Waals surface area contributed by atoms with E-state index in [1.165, 1.54) is 0 Å². The summed E-state index contributed by atoms with van der Waals surface area (Å²) in [6.45, 7) is 2.02. The highest BCUT2D eigenvalue weighted by Gasteiger charge is 2.12. The lowest BCUT2D eigenvalue weighted by Gasteiger charge is -2.17. The molecular formula is C14H18N2O2. The van der Waals surface area contributed by atoms with Crippen LogP contribution >= 0.6 is 0 Å². The van der Waals surface area contributed by atoms with Crippen LogP contribution in [0.25, 0.3) is 0 Å². The zero-order valence-corrected chi connectivity index (χ0v) is 10.6. The first kappa shape index (κ1) is 12.7. The van der Waals surface area contributed by atoms with Gasteiger partial charge in [-0.25, -0.2) is 0 Å². The number of nitrogens with one attached hydrogen (secondary N) is 1. The predicted octanol–water partition coefficient (Wildman–Crippen LogP) is 2.34. The molecule has 1 aromatic heterocycles. The van der Waals surface area contributed by atoms with Gasteiger partial charge in [-0.3, -0.25) is 11.3 Å². The second kappa shape index (κ2) is 5.71. The summed E-state index contributed by atoms with van der Waals surface area (Å²) in [5, 5.41) is 0. The van der Waals surface area contributed by atoms with Crippen LogP contribution in [0.4, 0.5) is 0 Å². The minimum atomic E-state index is 0.0622.